The maximum Gasteiger partial charge on any atom is 0.0991 e. The largest absolute Gasteiger partial charge is 0.310 e. The molecule has 0 amide bonds. The molecule has 0 spiro atoms. The number of rotatable bonds is 5. The number of hydrogen-bond donors (Lipinski definition) is 1. The molecule has 0 fully saturated rings. The summed E-state index contributed by atoms with van der Waals surface area (Å²) in [5, 5.41) is 3.35. The molecule has 14 heavy (non-hydrogen) atoms. The fourth-order valence-corrected chi connectivity index (χ4v) is 2.81. The fourth-order valence-electron chi connectivity index (χ4n) is 1.16. The summed E-state index contributed by atoms with van der Waals surface area (Å²) in [4.78, 5) is 0. The quantitative estimate of drug-likeness (QED) is 0.607. The second kappa shape index (κ2) is 5.76. The highest BCUT2D eigenvalue weighted by molar-refractivity contribution is 7.20. The van der Waals surface area contributed by atoms with E-state index in [1.165, 1.54) is 11.3 Å². The second-order valence-corrected chi connectivity index (χ2v) is 5.32. The number of nitrogens with one attached hydrogen (secondary N) is 1. The molecule has 0 aromatic carbocycles. The van der Waals surface area contributed by atoms with Crippen molar-refractivity contribution in [3.63, 3.8) is 0 Å². The zero-order valence-electron chi connectivity index (χ0n) is 8.02. The molecule has 1 nitrogen and oxygen atoms in total. The average molecular weight is 250 g/mol. The van der Waals surface area contributed by atoms with E-state index in [2.05, 4.69) is 18.8 Å². The van der Waals surface area contributed by atoms with Gasteiger partial charge in [0.2, 0.25) is 0 Å². The molecule has 4 heteroatoms. The third-order valence-electron chi connectivity index (χ3n) is 1.95. The molecule has 78 valence electrons. The van der Waals surface area contributed by atoms with E-state index >= 15 is 0 Å². The predicted octanol–water partition coefficient (Wildman–Crippen LogP) is 4.28. The zero-order chi connectivity index (χ0) is 10.6. The third-order valence-corrected chi connectivity index (χ3v) is 3.47. The number of hydrogen-bond acceptors (Lipinski definition) is 2. The minimum absolute atomic E-state index is 0.242. The van der Waals surface area contributed by atoms with Gasteiger partial charge in [-0.25, -0.2) is 0 Å². The van der Waals surface area contributed by atoms with Crippen molar-refractivity contribution in [1.29, 1.82) is 0 Å². The average Bonchev–Trinajstić information content (AvgIpc) is 2.45. The molecule has 0 aliphatic carbocycles. The van der Waals surface area contributed by atoms with E-state index in [9.17, 15) is 0 Å². The van der Waals surface area contributed by atoms with Gasteiger partial charge in [0.15, 0.2) is 0 Å². The van der Waals surface area contributed by atoms with Crippen LogP contribution in [0.4, 0.5) is 0 Å². The Morgan fingerprint density at radius 1 is 1.64 bits per heavy atom. The summed E-state index contributed by atoms with van der Waals surface area (Å²) in [5.74, 6) is 0. The molecule has 1 aromatic rings. The lowest BCUT2D eigenvalue weighted by Crippen LogP contribution is -2.19. The van der Waals surface area contributed by atoms with Crippen LogP contribution in [0.3, 0.4) is 0 Å². The van der Waals surface area contributed by atoms with E-state index in [1.54, 1.807) is 0 Å². The van der Waals surface area contributed by atoms with E-state index in [1.807, 2.05) is 12.1 Å². The number of halogens is 2. The highest BCUT2D eigenvalue weighted by Gasteiger charge is 2.11. The maximum atomic E-state index is 6.03. The summed E-state index contributed by atoms with van der Waals surface area (Å²) >= 11 is 13.3. The summed E-state index contributed by atoms with van der Waals surface area (Å²) in [7, 11) is 0. The first-order chi connectivity index (χ1) is 6.65. The van der Waals surface area contributed by atoms with Crippen molar-refractivity contribution >= 4 is 34.5 Å². The highest BCUT2D eigenvalue weighted by atomic mass is 35.5. The molecule has 1 heterocycles. The Morgan fingerprint density at radius 2 is 2.36 bits per heavy atom. The Kier molecular flexibility index (Phi) is 4.96. The Labute approximate surface area is 98.7 Å². The first-order valence-corrected chi connectivity index (χ1v) is 6.01. The Balaban J connectivity index is 2.55. The molecule has 1 N–H and O–H groups in total. The summed E-state index contributed by atoms with van der Waals surface area (Å²) in [6, 6.07) is 2.16. The topological polar surface area (TPSA) is 12.0 Å². The normalized spacial score (nSPS) is 12.8. The zero-order valence-corrected chi connectivity index (χ0v) is 10.3. The van der Waals surface area contributed by atoms with Gasteiger partial charge in [0.05, 0.1) is 8.67 Å². The van der Waals surface area contributed by atoms with Crippen molar-refractivity contribution in [2.24, 2.45) is 0 Å². The van der Waals surface area contributed by atoms with Gasteiger partial charge in [0.25, 0.3) is 0 Å². The van der Waals surface area contributed by atoms with Crippen LogP contribution in [-0.4, -0.2) is 6.54 Å². The Morgan fingerprint density at radius 3 is 2.86 bits per heavy atom. The van der Waals surface area contributed by atoms with E-state index in [0.29, 0.717) is 0 Å². The molecular formula is C10H13Cl2NS. The SMILES string of the molecule is C=CCCNC(C)c1cc(Cl)sc1Cl. The van der Waals surface area contributed by atoms with Gasteiger partial charge in [0.1, 0.15) is 0 Å². The van der Waals surface area contributed by atoms with E-state index in [0.717, 1.165) is 27.2 Å². The van der Waals surface area contributed by atoms with E-state index in [-0.39, 0.29) is 6.04 Å². The van der Waals surface area contributed by atoms with Crippen LogP contribution in [0.25, 0.3) is 0 Å². The van der Waals surface area contributed by atoms with E-state index in [4.69, 9.17) is 23.2 Å². The van der Waals surface area contributed by atoms with Crippen molar-refractivity contribution in [3.8, 4) is 0 Å². The maximum absolute atomic E-state index is 6.03. The van der Waals surface area contributed by atoms with Gasteiger partial charge < -0.3 is 5.32 Å². The second-order valence-electron chi connectivity index (χ2n) is 3.03. The van der Waals surface area contributed by atoms with Gasteiger partial charge in [-0.2, -0.15) is 0 Å². The van der Waals surface area contributed by atoms with Crippen LogP contribution < -0.4 is 5.32 Å². The summed E-state index contributed by atoms with van der Waals surface area (Å²) < 4.78 is 1.51. The Bertz CT molecular complexity index is 309. The molecule has 1 atom stereocenters. The van der Waals surface area contributed by atoms with Crippen molar-refractivity contribution in [2.75, 3.05) is 6.54 Å². The summed E-state index contributed by atoms with van der Waals surface area (Å²) in [5.41, 5.74) is 1.07. The van der Waals surface area contributed by atoms with Crippen molar-refractivity contribution in [2.45, 2.75) is 19.4 Å². The molecule has 0 aliphatic rings. The van der Waals surface area contributed by atoms with Crippen LogP contribution in [0.2, 0.25) is 8.67 Å². The summed E-state index contributed by atoms with van der Waals surface area (Å²) in [6.45, 7) is 6.65. The lowest BCUT2D eigenvalue weighted by atomic mass is 10.2. The predicted molar refractivity (Wildman–Crippen MR) is 65.6 cm³/mol. The molecule has 0 saturated carbocycles. The van der Waals surface area contributed by atoms with Gasteiger partial charge in [-0.1, -0.05) is 29.3 Å². The molecule has 0 radical (unpaired) electrons. The van der Waals surface area contributed by atoms with Gasteiger partial charge in [-0.3, -0.25) is 0 Å². The van der Waals surface area contributed by atoms with Gasteiger partial charge in [-0.05, 0) is 31.5 Å². The monoisotopic (exact) mass is 249 g/mol. The van der Waals surface area contributed by atoms with Crippen LogP contribution in [0, 0.1) is 0 Å². The highest BCUT2D eigenvalue weighted by Crippen LogP contribution is 2.34. The van der Waals surface area contributed by atoms with Gasteiger partial charge >= 0.3 is 0 Å². The molecule has 0 bridgehead atoms. The molecule has 0 aliphatic heterocycles. The molecule has 0 saturated heterocycles. The lowest BCUT2D eigenvalue weighted by molar-refractivity contribution is 0.583. The first-order valence-electron chi connectivity index (χ1n) is 4.44. The van der Waals surface area contributed by atoms with Crippen molar-refractivity contribution in [1.82, 2.24) is 5.32 Å². The van der Waals surface area contributed by atoms with Gasteiger partial charge in [-0.15, -0.1) is 17.9 Å². The van der Waals surface area contributed by atoms with Crippen molar-refractivity contribution < 1.29 is 0 Å². The van der Waals surface area contributed by atoms with Crippen LogP contribution in [0.1, 0.15) is 24.9 Å². The Hall–Kier alpha value is -0.0200. The smallest absolute Gasteiger partial charge is 0.0991 e. The van der Waals surface area contributed by atoms with E-state index < -0.39 is 0 Å². The van der Waals surface area contributed by atoms with Crippen LogP contribution >= 0.6 is 34.5 Å². The first kappa shape index (κ1) is 12.1. The van der Waals surface area contributed by atoms with Crippen LogP contribution in [-0.2, 0) is 0 Å². The number of thiophene rings is 1. The standard InChI is InChI=1S/C10H13Cl2NS/c1-3-4-5-13-7(2)8-6-9(11)14-10(8)12/h3,6-7,13H,1,4-5H2,2H3. The molecule has 1 unspecified atom stereocenters. The lowest BCUT2D eigenvalue weighted by Gasteiger charge is -2.11. The van der Waals surface area contributed by atoms with Crippen LogP contribution in [0.15, 0.2) is 18.7 Å². The minimum Gasteiger partial charge on any atom is -0.310 e. The fraction of sp³-hybridized carbons (Fsp3) is 0.400. The molecule has 1 rings (SSSR count). The minimum atomic E-state index is 0.242. The molecule has 1 aromatic heterocycles. The summed E-state index contributed by atoms with van der Waals surface area (Å²) in [6.07, 6.45) is 2.85. The van der Waals surface area contributed by atoms with Gasteiger partial charge in [0, 0.05) is 6.04 Å². The molecular weight excluding hydrogens is 237 g/mol. The third kappa shape index (κ3) is 3.28. The van der Waals surface area contributed by atoms with Crippen molar-refractivity contribution in [3.05, 3.63) is 33.0 Å². The van der Waals surface area contributed by atoms with Crippen LogP contribution in [0.5, 0.6) is 0 Å².